The van der Waals surface area contributed by atoms with E-state index in [1.807, 2.05) is 0 Å². The first kappa shape index (κ1) is 22.3. The van der Waals surface area contributed by atoms with Crippen LogP contribution in [0.4, 0.5) is 11.4 Å². The topological polar surface area (TPSA) is 84.9 Å². The predicted molar refractivity (Wildman–Crippen MR) is 115 cm³/mol. The molecule has 0 aliphatic carbocycles. The van der Waals surface area contributed by atoms with Gasteiger partial charge in [-0.25, -0.2) is 8.42 Å². The molecule has 0 heterocycles. The van der Waals surface area contributed by atoms with Gasteiger partial charge in [0.25, 0.3) is 0 Å². The number of ether oxygens (including phenoxy) is 2. The van der Waals surface area contributed by atoms with E-state index in [2.05, 4.69) is 11.9 Å². The Labute approximate surface area is 172 Å². The molecule has 1 N–H and O–H groups in total. The molecule has 0 saturated heterocycles. The van der Waals surface area contributed by atoms with E-state index in [-0.39, 0.29) is 18.9 Å². The van der Waals surface area contributed by atoms with Crippen molar-refractivity contribution >= 4 is 27.3 Å². The zero-order chi connectivity index (χ0) is 21.3. The highest BCUT2D eigenvalue weighted by molar-refractivity contribution is 7.92. The lowest BCUT2D eigenvalue weighted by Crippen LogP contribution is -2.31. The maximum Gasteiger partial charge on any atom is 0.232 e. The Bertz CT molecular complexity index is 926. The first-order valence-corrected chi connectivity index (χ1v) is 10.9. The Balaban J connectivity index is 1.91. The van der Waals surface area contributed by atoms with Crippen molar-refractivity contribution in [3.8, 4) is 11.5 Å². The molecular formula is C21H26N2O5S. The third-order valence-electron chi connectivity index (χ3n) is 4.01. The van der Waals surface area contributed by atoms with Crippen LogP contribution in [-0.2, 0) is 14.8 Å². The normalized spacial score (nSPS) is 10.8. The number of carbonyl (C=O) groups is 1. The standard InChI is InChI=1S/C21H26N2O5S/c1-4-15-28-19-12-10-17(11-13-19)22-21(24)9-6-14-23(29(3,25)26)18-7-5-8-20(16-18)27-2/h4-5,7-8,10-13,16H,1,6,9,14-15H2,2-3H3,(H,22,24). The monoisotopic (exact) mass is 418 g/mol. The summed E-state index contributed by atoms with van der Waals surface area (Å²) in [4.78, 5) is 12.2. The molecule has 2 aromatic carbocycles. The van der Waals surface area contributed by atoms with Crippen LogP contribution in [-0.4, -0.2) is 40.8 Å². The first-order valence-electron chi connectivity index (χ1n) is 9.09. The van der Waals surface area contributed by atoms with Crippen LogP contribution in [0.5, 0.6) is 11.5 Å². The van der Waals surface area contributed by atoms with Crippen molar-refractivity contribution in [3.63, 3.8) is 0 Å². The van der Waals surface area contributed by atoms with Gasteiger partial charge in [0.05, 0.1) is 19.1 Å². The molecule has 0 aliphatic heterocycles. The number of anilines is 2. The third kappa shape index (κ3) is 7.15. The molecule has 2 rings (SSSR count). The molecule has 7 nitrogen and oxygen atoms in total. The van der Waals surface area contributed by atoms with Gasteiger partial charge in [-0.2, -0.15) is 0 Å². The van der Waals surface area contributed by atoms with E-state index in [0.29, 0.717) is 35.9 Å². The molecule has 0 radical (unpaired) electrons. The summed E-state index contributed by atoms with van der Waals surface area (Å²) >= 11 is 0. The fourth-order valence-electron chi connectivity index (χ4n) is 2.65. The summed E-state index contributed by atoms with van der Waals surface area (Å²) in [7, 11) is -1.97. The second-order valence-corrected chi connectivity index (χ2v) is 8.22. The number of nitrogens with one attached hydrogen (secondary N) is 1. The van der Waals surface area contributed by atoms with E-state index in [1.165, 1.54) is 11.4 Å². The van der Waals surface area contributed by atoms with Crippen LogP contribution in [0.2, 0.25) is 0 Å². The van der Waals surface area contributed by atoms with Crippen LogP contribution in [0, 0.1) is 0 Å². The molecule has 0 fully saturated rings. The zero-order valence-corrected chi connectivity index (χ0v) is 17.4. The van der Waals surface area contributed by atoms with Gasteiger partial charge in [-0.15, -0.1) is 0 Å². The van der Waals surface area contributed by atoms with Crippen LogP contribution >= 0.6 is 0 Å². The molecule has 0 saturated carbocycles. The summed E-state index contributed by atoms with van der Waals surface area (Å²) < 4.78 is 36.2. The molecule has 0 aliphatic rings. The Morgan fingerprint density at radius 2 is 1.90 bits per heavy atom. The Kier molecular flexibility index (Phi) is 8.09. The molecule has 0 spiro atoms. The number of methoxy groups -OCH3 is 1. The van der Waals surface area contributed by atoms with Crippen molar-refractivity contribution in [2.45, 2.75) is 12.8 Å². The molecule has 0 aromatic heterocycles. The molecule has 156 valence electrons. The van der Waals surface area contributed by atoms with Crippen LogP contribution in [0.3, 0.4) is 0 Å². The SMILES string of the molecule is C=CCOc1ccc(NC(=O)CCCN(c2cccc(OC)c2)S(C)(=O)=O)cc1. The van der Waals surface area contributed by atoms with E-state index < -0.39 is 10.0 Å². The average molecular weight is 419 g/mol. The Morgan fingerprint density at radius 1 is 1.17 bits per heavy atom. The minimum Gasteiger partial charge on any atom is -0.497 e. The van der Waals surface area contributed by atoms with E-state index in [9.17, 15) is 13.2 Å². The lowest BCUT2D eigenvalue weighted by Gasteiger charge is -2.22. The summed E-state index contributed by atoms with van der Waals surface area (Å²) in [6, 6.07) is 13.8. The van der Waals surface area contributed by atoms with Gasteiger partial charge in [-0.3, -0.25) is 9.10 Å². The summed E-state index contributed by atoms with van der Waals surface area (Å²) in [5.74, 6) is 1.06. The Morgan fingerprint density at radius 3 is 2.52 bits per heavy atom. The zero-order valence-electron chi connectivity index (χ0n) is 16.6. The van der Waals surface area contributed by atoms with Gasteiger partial charge in [-0.05, 0) is 42.8 Å². The van der Waals surface area contributed by atoms with E-state index in [1.54, 1.807) is 54.6 Å². The molecule has 0 bridgehead atoms. The maximum atomic E-state index is 12.2. The number of benzene rings is 2. The number of hydrogen-bond donors (Lipinski definition) is 1. The second-order valence-electron chi connectivity index (χ2n) is 6.31. The summed E-state index contributed by atoms with van der Waals surface area (Å²) in [6.45, 7) is 4.19. The number of nitrogens with zero attached hydrogens (tertiary/aromatic N) is 1. The van der Waals surface area contributed by atoms with Crippen LogP contribution in [0.1, 0.15) is 12.8 Å². The van der Waals surface area contributed by atoms with Crippen molar-refractivity contribution in [1.29, 1.82) is 0 Å². The predicted octanol–water partition coefficient (Wildman–Crippen LogP) is 3.44. The van der Waals surface area contributed by atoms with Gasteiger partial charge < -0.3 is 14.8 Å². The molecule has 29 heavy (non-hydrogen) atoms. The number of rotatable bonds is 11. The largest absolute Gasteiger partial charge is 0.497 e. The smallest absolute Gasteiger partial charge is 0.232 e. The number of carbonyl (C=O) groups excluding carboxylic acids is 1. The van der Waals surface area contributed by atoms with E-state index in [4.69, 9.17) is 9.47 Å². The third-order valence-corrected chi connectivity index (χ3v) is 5.21. The van der Waals surface area contributed by atoms with Crippen LogP contribution in [0.25, 0.3) is 0 Å². The van der Waals surface area contributed by atoms with Gasteiger partial charge in [0.15, 0.2) is 0 Å². The molecule has 8 heteroatoms. The van der Waals surface area contributed by atoms with Crippen LogP contribution < -0.4 is 19.1 Å². The van der Waals surface area contributed by atoms with Crippen molar-refractivity contribution in [1.82, 2.24) is 0 Å². The van der Waals surface area contributed by atoms with Crippen molar-refractivity contribution in [2.24, 2.45) is 0 Å². The van der Waals surface area contributed by atoms with Gasteiger partial charge in [-0.1, -0.05) is 18.7 Å². The Hall–Kier alpha value is -3.00. The minimum atomic E-state index is -3.49. The minimum absolute atomic E-state index is 0.185. The quantitative estimate of drug-likeness (QED) is 0.565. The van der Waals surface area contributed by atoms with Gasteiger partial charge >= 0.3 is 0 Å². The average Bonchev–Trinajstić information content (AvgIpc) is 2.69. The summed E-state index contributed by atoms with van der Waals surface area (Å²) in [6.07, 6.45) is 3.35. The van der Waals surface area contributed by atoms with Gasteiger partial charge in [0.1, 0.15) is 18.1 Å². The maximum absolute atomic E-state index is 12.2. The van der Waals surface area contributed by atoms with Crippen molar-refractivity contribution < 1.29 is 22.7 Å². The lowest BCUT2D eigenvalue weighted by molar-refractivity contribution is -0.116. The molecule has 2 aromatic rings. The van der Waals surface area contributed by atoms with Crippen LogP contribution in [0.15, 0.2) is 61.2 Å². The van der Waals surface area contributed by atoms with E-state index in [0.717, 1.165) is 6.26 Å². The second kappa shape index (κ2) is 10.5. The molecule has 0 unspecified atom stereocenters. The van der Waals surface area contributed by atoms with Gasteiger partial charge in [0.2, 0.25) is 15.9 Å². The number of sulfonamides is 1. The van der Waals surface area contributed by atoms with Crippen molar-refractivity contribution in [3.05, 3.63) is 61.2 Å². The highest BCUT2D eigenvalue weighted by Crippen LogP contribution is 2.23. The number of amides is 1. The summed E-state index contributed by atoms with van der Waals surface area (Å²) in [5, 5.41) is 2.79. The number of hydrogen-bond acceptors (Lipinski definition) is 5. The fourth-order valence-corrected chi connectivity index (χ4v) is 3.61. The highest BCUT2D eigenvalue weighted by atomic mass is 32.2. The first-order chi connectivity index (χ1) is 13.8. The molecule has 1 amide bonds. The summed E-state index contributed by atoms with van der Waals surface area (Å²) in [5.41, 5.74) is 1.15. The van der Waals surface area contributed by atoms with E-state index >= 15 is 0 Å². The lowest BCUT2D eigenvalue weighted by atomic mass is 10.2. The van der Waals surface area contributed by atoms with Gasteiger partial charge in [0, 0.05) is 24.7 Å². The fraction of sp³-hybridized carbons (Fsp3) is 0.286. The molecular weight excluding hydrogens is 392 g/mol. The molecule has 0 atom stereocenters. The van der Waals surface area contributed by atoms with Crippen molar-refractivity contribution in [2.75, 3.05) is 36.1 Å². The highest BCUT2D eigenvalue weighted by Gasteiger charge is 2.18.